The van der Waals surface area contributed by atoms with Crippen molar-refractivity contribution in [2.75, 3.05) is 13.2 Å². The zero-order chi connectivity index (χ0) is 16.2. The number of ether oxygens (including phenoxy) is 1. The van der Waals surface area contributed by atoms with Gasteiger partial charge in [0.25, 0.3) is 5.91 Å². The molecule has 5 nitrogen and oxygen atoms in total. The Morgan fingerprint density at radius 2 is 2.09 bits per heavy atom. The molecule has 2 heterocycles. The predicted octanol–water partition coefficient (Wildman–Crippen LogP) is 3.10. The first-order valence-electron chi connectivity index (χ1n) is 7.24. The highest BCUT2D eigenvalue weighted by atomic mass is 35.5. The van der Waals surface area contributed by atoms with Gasteiger partial charge < -0.3 is 14.5 Å². The summed E-state index contributed by atoms with van der Waals surface area (Å²) in [6.07, 6.45) is 3.60. The van der Waals surface area contributed by atoms with E-state index in [4.69, 9.17) is 16.3 Å². The van der Waals surface area contributed by atoms with Gasteiger partial charge in [-0.1, -0.05) is 11.6 Å². The van der Waals surface area contributed by atoms with Gasteiger partial charge in [0.05, 0.1) is 6.54 Å². The van der Waals surface area contributed by atoms with Crippen molar-refractivity contribution in [1.29, 1.82) is 0 Å². The van der Waals surface area contributed by atoms with E-state index >= 15 is 0 Å². The lowest BCUT2D eigenvalue weighted by Crippen LogP contribution is -2.28. The summed E-state index contributed by atoms with van der Waals surface area (Å²) in [4.78, 5) is 16.4. The van der Waals surface area contributed by atoms with Crippen molar-refractivity contribution in [3.05, 3.63) is 65.1 Å². The average Bonchev–Trinajstić information content (AvgIpc) is 2.96. The number of carbonyl (C=O) groups excluding carboxylic acids is 1. The molecule has 118 valence electrons. The second kappa shape index (κ2) is 6.71. The molecule has 0 bridgehead atoms. The minimum absolute atomic E-state index is 0.217. The van der Waals surface area contributed by atoms with Crippen molar-refractivity contribution in [2.45, 2.75) is 6.92 Å². The van der Waals surface area contributed by atoms with Crippen LogP contribution >= 0.6 is 11.6 Å². The second-order valence-electron chi connectivity index (χ2n) is 5.15. The van der Waals surface area contributed by atoms with Gasteiger partial charge in [-0.15, -0.1) is 0 Å². The molecule has 6 heteroatoms. The molecule has 0 fully saturated rings. The fourth-order valence-electron chi connectivity index (χ4n) is 2.15. The molecule has 0 saturated heterocycles. The van der Waals surface area contributed by atoms with Crippen LogP contribution in [0.1, 0.15) is 16.1 Å². The number of imidazole rings is 1. The first-order valence-corrected chi connectivity index (χ1v) is 7.61. The minimum atomic E-state index is -0.217. The number of pyridine rings is 1. The van der Waals surface area contributed by atoms with Crippen LogP contribution in [0.5, 0.6) is 5.75 Å². The average molecular weight is 330 g/mol. The summed E-state index contributed by atoms with van der Waals surface area (Å²) in [5.74, 6) is 0.498. The van der Waals surface area contributed by atoms with E-state index in [1.54, 1.807) is 30.5 Å². The lowest BCUT2D eigenvalue weighted by Gasteiger charge is -2.06. The molecule has 0 aliphatic rings. The quantitative estimate of drug-likeness (QED) is 0.732. The molecule has 0 radical (unpaired) electrons. The number of benzene rings is 1. The van der Waals surface area contributed by atoms with E-state index in [1.807, 2.05) is 29.7 Å². The molecule has 1 aromatic carbocycles. The van der Waals surface area contributed by atoms with Crippen molar-refractivity contribution in [3.63, 3.8) is 0 Å². The van der Waals surface area contributed by atoms with Gasteiger partial charge in [-0.25, -0.2) is 4.98 Å². The summed E-state index contributed by atoms with van der Waals surface area (Å²) >= 11 is 5.80. The van der Waals surface area contributed by atoms with Gasteiger partial charge in [-0.05, 0) is 48.9 Å². The number of hydrogen-bond donors (Lipinski definition) is 1. The zero-order valence-electron chi connectivity index (χ0n) is 12.6. The number of nitrogens with one attached hydrogen (secondary N) is 1. The summed E-state index contributed by atoms with van der Waals surface area (Å²) in [7, 11) is 0. The van der Waals surface area contributed by atoms with E-state index in [9.17, 15) is 4.79 Å². The Bertz CT molecular complexity index is 827. The fraction of sp³-hybridized carbons (Fsp3) is 0.176. The number of carbonyl (C=O) groups is 1. The standard InChI is InChI=1S/C17H16ClN3O2/c1-12-6-8-21-11-15(20-16(21)10-12)17(22)19-7-9-23-14-4-2-13(18)3-5-14/h2-6,8,10-11H,7,9H2,1H3,(H,19,22). The molecule has 23 heavy (non-hydrogen) atoms. The Balaban J connectivity index is 1.53. The van der Waals surface area contributed by atoms with Gasteiger partial charge >= 0.3 is 0 Å². The number of nitrogens with zero attached hydrogens (tertiary/aromatic N) is 2. The summed E-state index contributed by atoms with van der Waals surface area (Å²) in [6.45, 7) is 2.76. The van der Waals surface area contributed by atoms with Crippen LogP contribution in [0.3, 0.4) is 0 Å². The van der Waals surface area contributed by atoms with Gasteiger partial charge in [-0.2, -0.15) is 0 Å². The van der Waals surface area contributed by atoms with E-state index in [0.29, 0.717) is 29.6 Å². The van der Waals surface area contributed by atoms with Gasteiger partial charge in [0.15, 0.2) is 0 Å². The van der Waals surface area contributed by atoms with Crippen molar-refractivity contribution < 1.29 is 9.53 Å². The molecule has 1 amide bonds. The third kappa shape index (κ3) is 3.81. The lowest BCUT2D eigenvalue weighted by atomic mass is 10.3. The number of rotatable bonds is 5. The maximum Gasteiger partial charge on any atom is 0.271 e. The molecular weight excluding hydrogens is 314 g/mol. The van der Waals surface area contributed by atoms with Gasteiger partial charge in [0.2, 0.25) is 0 Å². The van der Waals surface area contributed by atoms with Crippen molar-refractivity contribution >= 4 is 23.2 Å². The maximum absolute atomic E-state index is 12.1. The van der Waals surface area contributed by atoms with Crippen molar-refractivity contribution in [2.24, 2.45) is 0 Å². The Morgan fingerprint density at radius 1 is 1.30 bits per heavy atom. The van der Waals surface area contributed by atoms with Crippen LogP contribution in [0.25, 0.3) is 5.65 Å². The summed E-state index contributed by atoms with van der Waals surface area (Å²) < 4.78 is 7.35. The summed E-state index contributed by atoms with van der Waals surface area (Å²) in [5, 5.41) is 3.45. The molecule has 2 aromatic heterocycles. The third-order valence-corrected chi connectivity index (χ3v) is 3.57. The number of halogens is 1. The zero-order valence-corrected chi connectivity index (χ0v) is 13.4. The molecule has 0 atom stereocenters. The third-order valence-electron chi connectivity index (χ3n) is 3.32. The first kappa shape index (κ1) is 15.4. The van der Waals surface area contributed by atoms with Crippen LogP contribution in [0.4, 0.5) is 0 Å². The molecule has 0 aliphatic carbocycles. The largest absolute Gasteiger partial charge is 0.492 e. The number of hydrogen-bond acceptors (Lipinski definition) is 3. The van der Waals surface area contributed by atoms with Crippen LogP contribution in [-0.2, 0) is 0 Å². The molecule has 0 unspecified atom stereocenters. The molecule has 0 saturated carbocycles. The van der Waals surface area contributed by atoms with Crippen LogP contribution in [0, 0.1) is 6.92 Å². The fourth-order valence-corrected chi connectivity index (χ4v) is 2.27. The van der Waals surface area contributed by atoms with E-state index in [1.165, 1.54) is 0 Å². The number of fused-ring (bicyclic) bond motifs is 1. The lowest BCUT2D eigenvalue weighted by molar-refractivity contribution is 0.0942. The predicted molar refractivity (Wildman–Crippen MR) is 89.2 cm³/mol. The van der Waals surface area contributed by atoms with Crippen LogP contribution < -0.4 is 10.1 Å². The second-order valence-corrected chi connectivity index (χ2v) is 5.59. The van der Waals surface area contributed by atoms with Gasteiger partial charge in [0.1, 0.15) is 23.7 Å². The number of amides is 1. The highest BCUT2D eigenvalue weighted by molar-refractivity contribution is 6.30. The van der Waals surface area contributed by atoms with E-state index in [2.05, 4.69) is 10.3 Å². The highest BCUT2D eigenvalue weighted by Gasteiger charge is 2.10. The summed E-state index contributed by atoms with van der Waals surface area (Å²) in [6, 6.07) is 11.0. The van der Waals surface area contributed by atoms with Crippen LogP contribution in [0.15, 0.2) is 48.8 Å². The van der Waals surface area contributed by atoms with Crippen LogP contribution in [0.2, 0.25) is 5.02 Å². The van der Waals surface area contributed by atoms with Gasteiger partial charge in [-0.3, -0.25) is 4.79 Å². The topological polar surface area (TPSA) is 55.6 Å². The molecular formula is C17H16ClN3O2. The highest BCUT2D eigenvalue weighted by Crippen LogP contribution is 2.15. The summed E-state index contributed by atoms with van der Waals surface area (Å²) in [5.41, 5.74) is 2.25. The van der Waals surface area contributed by atoms with E-state index < -0.39 is 0 Å². The first-order chi connectivity index (χ1) is 11.1. The smallest absolute Gasteiger partial charge is 0.271 e. The maximum atomic E-state index is 12.1. The molecule has 3 aromatic rings. The van der Waals surface area contributed by atoms with E-state index in [-0.39, 0.29) is 5.91 Å². The molecule has 0 spiro atoms. The van der Waals surface area contributed by atoms with E-state index in [0.717, 1.165) is 11.2 Å². The number of aryl methyl sites for hydroxylation is 1. The Hall–Kier alpha value is -2.53. The van der Waals surface area contributed by atoms with Crippen LogP contribution in [-0.4, -0.2) is 28.4 Å². The molecule has 3 rings (SSSR count). The monoisotopic (exact) mass is 329 g/mol. The molecule has 1 N–H and O–H groups in total. The Morgan fingerprint density at radius 3 is 2.87 bits per heavy atom. The Kier molecular flexibility index (Phi) is 4.48. The Labute approximate surface area is 138 Å². The normalized spacial score (nSPS) is 10.7. The van der Waals surface area contributed by atoms with Gasteiger partial charge in [0, 0.05) is 17.4 Å². The number of aromatic nitrogens is 2. The minimum Gasteiger partial charge on any atom is -0.492 e. The van der Waals surface area contributed by atoms with Crippen molar-refractivity contribution in [3.8, 4) is 5.75 Å². The molecule has 0 aliphatic heterocycles. The van der Waals surface area contributed by atoms with Crippen molar-refractivity contribution in [1.82, 2.24) is 14.7 Å². The SMILES string of the molecule is Cc1ccn2cc(C(=O)NCCOc3ccc(Cl)cc3)nc2c1.